The number of pyridine rings is 1. The Hall–Kier alpha value is -2.07. The Bertz CT molecular complexity index is 616. The number of rotatable bonds is 5. The Morgan fingerprint density at radius 3 is 2.71 bits per heavy atom. The van der Waals surface area contributed by atoms with Gasteiger partial charge in [0, 0.05) is 6.04 Å². The first-order valence-corrected chi connectivity index (χ1v) is 7.21. The van der Waals surface area contributed by atoms with E-state index in [-0.39, 0.29) is 23.5 Å². The minimum Gasteiger partial charge on any atom is -0.384 e. The number of hydrogen-bond donors (Lipinski definition) is 2. The van der Waals surface area contributed by atoms with Crippen molar-refractivity contribution in [3.05, 3.63) is 58.7 Å². The van der Waals surface area contributed by atoms with Gasteiger partial charge in [-0.05, 0) is 37.5 Å². The van der Waals surface area contributed by atoms with Gasteiger partial charge in [0.2, 0.25) is 0 Å². The number of nitrogens with zero attached hydrogens (tertiary/aromatic N) is 1. The van der Waals surface area contributed by atoms with Crippen LogP contribution in [0.5, 0.6) is 0 Å². The van der Waals surface area contributed by atoms with Crippen molar-refractivity contribution in [2.24, 2.45) is 0 Å². The largest absolute Gasteiger partial charge is 0.384 e. The van der Waals surface area contributed by atoms with Gasteiger partial charge in [-0.1, -0.05) is 41.9 Å². The number of anilines is 1. The van der Waals surface area contributed by atoms with Crippen molar-refractivity contribution in [1.82, 2.24) is 10.3 Å². The smallest absolute Gasteiger partial charge is 0.271 e. The normalized spacial score (nSPS) is 11.9. The third-order valence-electron chi connectivity index (χ3n) is 3.17. The van der Waals surface area contributed by atoms with E-state index in [1.807, 2.05) is 25.1 Å². The Morgan fingerprint density at radius 2 is 2.00 bits per heavy atom. The predicted molar refractivity (Wildman–Crippen MR) is 85.4 cm³/mol. The molecule has 0 fully saturated rings. The lowest BCUT2D eigenvalue weighted by Crippen LogP contribution is -2.33. The van der Waals surface area contributed by atoms with Crippen LogP contribution in [0, 0.1) is 0 Å². The first kappa shape index (κ1) is 15.3. The van der Waals surface area contributed by atoms with Crippen molar-refractivity contribution < 1.29 is 4.79 Å². The van der Waals surface area contributed by atoms with Gasteiger partial charge in [0.1, 0.15) is 11.5 Å². The second-order valence-electron chi connectivity index (χ2n) is 4.97. The molecule has 2 rings (SSSR count). The molecule has 0 saturated heterocycles. The fourth-order valence-corrected chi connectivity index (χ4v) is 2.20. The van der Waals surface area contributed by atoms with Crippen LogP contribution >= 0.6 is 11.6 Å². The Balaban J connectivity index is 1.91. The minimum absolute atomic E-state index is 0.0250. The third kappa shape index (κ3) is 4.46. The summed E-state index contributed by atoms with van der Waals surface area (Å²) in [5.41, 5.74) is 7.00. The molecule has 1 heterocycles. The van der Waals surface area contributed by atoms with Crippen LogP contribution in [0.15, 0.2) is 42.5 Å². The van der Waals surface area contributed by atoms with E-state index >= 15 is 0 Å². The molecule has 5 heteroatoms. The molecule has 21 heavy (non-hydrogen) atoms. The summed E-state index contributed by atoms with van der Waals surface area (Å²) in [7, 11) is 0. The van der Waals surface area contributed by atoms with Gasteiger partial charge in [0.25, 0.3) is 5.91 Å². The van der Waals surface area contributed by atoms with Gasteiger partial charge >= 0.3 is 0 Å². The molecule has 0 aliphatic rings. The highest BCUT2D eigenvalue weighted by atomic mass is 35.5. The molecule has 110 valence electrons. The lowest BCUT2D eigenvalue weighted by atomic mass is 10.1. The molecule has 0 saturated carbocycles. The maximum atomic E-state index is 12.1. The summed E-state index contributed by atoms with van der Waals surface area (Å²) in [6.07, 6.45) is 1.75. The van der Waals surface area contributed by atoms with Crippen LogP contribution in [0.3, 0.4) is 0 Å². The third-order valence-corrected chi connectivity index (χ3v) is 3.47. The first-order valence-electron chi connectivity index (χ1n) is 6.83. The zero-order valence-corrected chi connectivity index (χ0v) is 12.6. The molecule has 2 aromatic rings. The number of carbonyl (C=O) groups excluding carboxylic acids is 1. The molecular weight excluding hydrogens is 286 g/mol. The summed E-state index contributed by atoms with van der Waals surface area (Å²) in [5.74, 6) is -0.0191. The topological polar surface area (TPSA) is 68.0 Å². The van der Waals surface area contributed by atoms with E-state index in [1.165, 1.54) is 5.56 Å². The number of nitrogen functional groups attached to an aromatic ring is 1. The van der Waals surface area contributed by atoms with E-state index < -0.39 is 0 Å². The quantitative estimate of drug-likeness (QED) is 0.892. The van der Waals surface area contributed by atoms with Crippen molar-refractivity contribution in [2.75, 3.05) is 5.73 Å². The van der Waals surface area contributed by atoms with Gasteiger partial charge in [-0.3, -0.25) is 4.79 Å². The molecule has 1 atom stereocenters. The number of amides is 1. The highest BCUT2D eigenvalue weighted by molar-refractivity contribution is 6.33. The number of benzene rings is 1. The molecule has 0 radical (unpaired) electrons. The molecule has 0 aliphatic heterocycles. The number of nitrogens with one attached hydrogen (secondary N) is 1. The summed E-state index contributed by atoms with van der Waals surface area (Å²) in [6, 6.07) is 13.3. The molecule has 0 bridgehead atoms. The van der Waals surface area contributed by atoms with Crippen molar-refractivity contribution in [2.45, 2.75) is 25.8 Å². The van der Waals surface area contributed by atoms with Crippen LogP contribution in [0.4, 0.5) is 5.82 Å². The molecule has 1 amide bonds. The molecule has 0 spiro atoms. The second kappa shape index (κ2) is 7.09. The SMILES string of the molecule is CC(CCc1ccccc1)NC(=O)c1nc(N)ccc1Cl. The van der Waals surface area contributed by atoms with E-state index in [1.54, 1.807) is 12.1 Å². The first-order chi connectivity index (χ1) is 10.1. The molecule has 0 aliphatic carbocycles. The summed E-state index contributed by atoms with van der Waals surface area (Å²) in [4.78, 5) is 16.1. The van der Waals surface area contributed by atoms with Crippen molar-refractivity contribution in [3.8, 4) is 0 Å². The number of halogens is 1. The van der Waals surface area contributed by atoms with Gasteiger partial charge in [-0.25, -0.2) is 4.98 Å². The fraction of sp³-hybridized carbons (Fsp3) is 0.250. The monoisotopic (exact) mass is 303 g/mol. The van der Waals surface area contributed by atoms with Crippen molar-refractivity contribution in [3.63, 3.8) is 0 Å². The van der Waals surface area contributed by atoms with E-state index in [4.69, 9.17) is 17.3 Å². The van der Waals surface area contributed by atoms with Gasteiger partial charge in [-0.15, -0.1) is 0 Å². The number of hydrogen-bond acceptors (Lipinski definition) is 3. The summed E-state index contributed by atoms with van der Waals surface area (Å²) in [6.45, 7) is 1.96. The number of nitrogens with two attached hydrogens (primary N) is 1. The maximum absolute atomic E-state index is 12.1. The summed E-state index contributed by atoms with van der Waals surface area (Å²) < 4.78 is 0. The second-order valence-corrected chi connectivity index (χ2v) is 5.37. The van der Waals surface area contributed by atoms with Crippen molar-refractivity contribution >= 4 is 23.3 Å². The Kier molecular flexibility index (Phi) is 5.17. The average molecular weight is 304 g/mol. The average Bonchev–Trinajstić information content (AvgIpc) is 2.48. The summed E-state index contributed by atoms with van der Waals surface area (Å²) in [5, 5.41) is 3.20. The van der Waals surface area contributed by atoms with E-state index in [0.29, 0.717) is 5.02 Å². The van der Waals surface area contributed by atoms with Crippen LogP contribution in [-0.4, -0.2) is 16.9 Å². The van der Waals surface area contributed by atoms with Crippen LogP contribution in [0.25, 0.3) is 0 Å². The molecule has 4 nitrogen and oxygen atoms in total. The lowest BCUT2D eigenvalue weighted by Gasteiger charge is -2.14. The number of aryl methyl sites for hydroxylation is 1. The summed E-state index contributed by atoms with van der Waals surface area (Å²) >= 11 is 5.97. The predicted octanol–water partition coefficient (Wildman–Crippen LogP) is 3.07. The van der Waals surface area contributed by atoms with Gasteiger partial charge in [-0.2, -0.15) is 0 Å². The van der Waals surface area contributed by atoms with Gasteiger partial charge in [0.05, 0.1) is 5.02 Å². The molecule has 1 aromatic carbocycles. The van der Waals surface area contributed by atoms with Crippen molar-refractivity contribution in [1.29, 1.82) is 0 Å². The highest BCUT2D eigenvalue weighted by Gasteiger charge is 2.15. The van der Waals surface area contributed by atoms with Gasteiger partial charge in [0.15, 0.2) is 0 Å². The fourth-order valence-electron chi connectivity index (χ4n) is 2.01. The van der Waals surface area contributed by atoms with Crippen LogP contribution in [-0.2, 0) is 6.42 Å². The van der Waals surface area contributed by atoms with E-state index in [9.17, 15) is 4.79 Å². The Morgan fingerprint density at radius 1 is 1.29 bits per heavy atom. The van der Waals surface area contributed by atoms with Crippen LogP contribution < -0.4 is 11.1 Å². The van der Waals surface area contributed by atoms with E-state index in [2.05, 4.69) is 22.4 Å². The molecule has 3 N–H and O–H groups in total. The Labute approximate surface area is 129 Å². The van der Waals surface area contributed by atoms with Crippen LogP contribution in [0.2, 0.25) is 5.02 Å². The standard InChI is InChI=1S/C16H18ClN3O/c1-11(7-8-12-5-3-2-4-6-12)19-16(21)15-13(17)9-10-14(18)20-15/h2-6,9-11H,7-8H2,1H3,(H2,18,20)(H,19,21). The molecule has 1 aromatic heterocycles. The number of carbonyl (C=O) groups is 1. The lowest BCUT2D eigenvalue weighted by molar-refractivity contribution is 0.0933. The zero-order valence-electron chi connectivity index (χ0n) is 11.8. The minimum atomic E-state index is -0.298. The molecule has 1 unspecified atom stereocenters. The zero-order chi connectivity index (χ0) is 15.2. The van der Waals surface area contributed by atoms with Gasteiger partial charge < -0.3 is 11.1 Å². The number of aromatic nitrogens is 1. The van der Waals surface area contributed by atoms with E-state index in [0.717, 1.165) is 12.8 Å². The van der Waals surface area contributed by atoms with Crippen LogP contribution in [0.1, 0.15) is 29.4 Å². The molecular formula is C16H18ClN3O. The maximum Gasteiger partial charge on any atom is 0.271 e. The highest BCUT2D eigenvalue weighted by Crippen LogP contribution is 2.15.